The molecule has 20 heavy (non-hydrogen) atoms. The summed E-state index contributed by atoms with van der Waals surface area (Å²) in [6.45, 7) is 2.21. The van der Waals surface area contributed by atoms with Gasteiger partial charge in [-0.25, -0.2) is 4.39 Å². The monoisotopic (exact) mass is 297 g/mol. The molecule has 1 aliphatic heterocycles. The van der Waals surface area contributed by atoms with Crippen molar-refractivity contribution >= 4 is 29.0 Å². The highest BCUT2D eigenvalue weighted by atomic mass is 35.5. The molecule has 0 N–H and O–H groups in total. The molecule has 0 saturated carbocycles. The lowest BCUT2D eigenvalue weighted by molar-refractivity contribution is -0.114. The zero-order valence-corrected chi connectivity index (χ0v) is 12.2. The number of Topliss-reactive ketones (excluding diaryl/α,β-unsaturated/α-hetero) is 1. The SMILES string of the molecule is Cc1cc(F)cc2c1N(CCCCCCCl)C(=O)C2=O. The van der Waals surface area contributed by atoms with E-state index in [0.717, 1.165) is 31.7 Å². The highest BCUT2D eigenvalue weighted by Crippen LogP contribution is 2.33. The highest BCUT2D eigenvalue weighted by molar-refractivity contribution is 6.52. The average molecular weight is 298 g/mol. The molecule has 0 fully saturated rings. The second-order valence-electron chi connectivity index (χ2n) is 5.01. The summed E-state index contributed by atoms with van der Waals surface area (Å²) < 4.78 is 13.3. The number of aryl methyl sites for hydroxylation is 1. The van der Waals surface area contributed by atoms with Gasteiger partial charge < -0.3 is 4.90 Å². The number of halogens is 2. The zero-order valence-electron chi connectivity index (χ0n) is 11.4. The highest BCUT2D eigenvalue weighted by Gasteiger charge is 2.36. The van der Waals surface area contributed by atoms with Crippen LogP contribution in [0.1, 0.15) is 41.6 Å². The smallest absolute Gasteiger partial charge is 0.299 e. The predicted octanol–water partition coefficient (Wildman–Crippen LogP) is 3.46. The van der Waals surface area contributed by atoms with Crippen molar-refractivity contribution in [3.8, 4) is 0 Å². The van der Waals surface area contributed by atoms with Crippen LogP contribution in [0, 0.1) is 12.7 Å². The quantitative estimate of drug-likeness (QED) is 0.458. The van der Waals surface area contributed by atoms with E-state index in [0.29, 0.717) is 23.7 Å². The van der Waals surface area contributed by atoms with E-state index in [1.807, 2.05) is 0 Å². The molecule has 0 bridgehead atoms. The van der Waals surface area contributed by atoms with E-state index in [4.69, 9.17) is 11.6 Å². The van der Waals surface area contributed by atoms with Crippen LogP contribution in [0.3, 0.4) is 0 Å². The van der Waals surface area contributed by atoms with Gasteiger partial charge in [0.2, 0.25) is 0 Å². The normalized spacial score (nSPS) is 14.1. The van der Waals surface area contributed by atoms with Gasteiger partial charge in [0.1, 0.15) is 5.82 Å². The van der Waals surface area contributed by atoms with Crippen molar-refractivity contribution < 1.29 is 14.0 Å². The molecule has 1 aromatic carbocycles. The Morgan fingerprint density at radius 2 is 1.85 bits per heavy atom. The van der Waals surface area contributed by atoms with Crippen molar-refractivity contribution in [3.05, 3.63) is 29.1 Å². The number of carbonyl (C=O) groups excluding carboxylic acids is 2. The molecular weight excluding hydrogens is 281 g/mol. The van der Waals surface area contributed by atoms with Crippen molar-refractivity contribution in [2.24, 2.45) is 0 Å². The number of carbonyl (C=O) groups is 2. The van der Waals surface area contributed by atoms with Gasteiger partial charge in [0.15, 0.2) is 0 Å². The Morgan fingerprint density at radius 1 is 1.15 bits per heavy atom. The van der Waals surface area contributed by atoms with Crippen molar-refractivity contribution in [3.63, 3.8) is 0 Å². The van der Waals surface area contributed by atoms with Gasteiger partial charge in [-0.2, -0.15) is 0 Å². The molecule has 1 heterocycles. The summed E-state index contributed by atoms with van der Waals surface area (Å²) in [5.41, 5.74) is 1.38. The summed E-state index contributed by atoms with van der Waals surface area (Å²) in [7, 11) is 0. The van der Waals surface area contributed by atoms with E-state index in [9.17, 15) is 14.0 Å². The first kappa shape index (κ1) is 15.0. The predicted molar refractivity (Wildman–Crippen MR) is 77.0 cm³/mol. The number of hydrogen-bond donors (Lipinski definition) is 0. The molecule has 108 valence electrons. The first-order valence-corrected chi connectivity index (χ1v) is 7.32. The summed E-state index contributed by atoms with van der Waals surface area (Å²) in [6.07, 6.45) is 3.73. The molecule has 2 rings (SSSR count). The number of fused-ring (bicyclic) bond motifs is 1. The minimum absolute atomic E-state index is 0.188. The van der Waals surface area contributed by atoms with Gasteiger partial charge in [-0.05, 0) is 37.5 Å². The van der Waals surface area contributed by atoms with Crippen molar-refractivity contribution in [2.75, 3.05) is 17.3 Å². The maximum absolute atomic E-state index is 13.3. The third-order valence-corrected chi connectivity index (χ3v) is 3.75. The minimum Gasteiger partial charge on any atom is -0.304 e. The van der Waals surface area contributed by atoms with E-state index in [1.54, 1.807) is 6.92 Å². The molecular formula is C15H17ClFNO2. The van der Waals surface area contributed by atoms with Gasteiger partial charge in [0.25, 0.3) is 11.7 Å². The van der Waals surface area contributed by atoms with Crippen LogP contribution in [0.2, 0.25) is 0 Å². The topological polar surface area (TPSA) is 37.4 Å². The Morgan fingerprint density at radius 3 is 2.55 bits per heavy atom. The van der Waals surface area contributed by atoms with Gasteiger partial charge in [0, 0.05) is 12.4 Å². The number of rotatable bonds is 6. The van der Waals surface area contributed by atoms with E-state index < -0.39 is 17.5 Å². The van der Waals surface area contributed by atoms with Crippen LogP contribution in [-0.2, 0) is 4.79 Å². The Kier molecular flexibility index (Phi) is 4.76. The molecule has 0 aromatic heterocycles. The number of unbranched alkanes of at least 4 members (excludes halogenated alkanes) is 3. The van der Waals surface area contributed by atoms with Crippen molar-refractivity contribution in [2.45, 2.75) is 32.6 Å². The van der Waals surface area contributed by atoms with Gasteiger partial charge in [-0.1, -0.05) is 12.8 Å². The third-order valence-electron chi connectivity index (χ3n) is 3.48. The van der Waals surface area contributed by atoms with Crippen LogP contribution in [0.5, 0.6) is 0 Å². The number of nitrogens with zero attached hydrogens (tertiary/aromatic N) is 1. The Balaban J connectivity index is 2.12. The fourth-order valence-corrected chi connectivity index (χ4v) is 2.73. The third kappa shape index (κ3) is 2.85. The van der Waals surface area contributed by atoms with Crippen molar-refractivity contribution in [1.29, 1.82) is 0 Å². The van der Waals surface area contributed by atoms with Gasteiger partial charge in [-0.3, -0.25) is 9.59 Å². The van der Waals surface area contributed by atoms with Crippen LogP contribution in [0.25, 0.3) is 0 Å². The molecule has 1 aliphatic rings. The maximum Gasteiger partial charge on any atom is 0.299 e. The average Bonchev–Trinajstić information content (AvgIpc) is 2.64. The number of amides is 1. The molecule has 1 amide bonds. The van der Waals surface area contributed by atoms with Crippen LogP contribution in [0.15, 0.2) is 12.1 Å². The van der Waals surface area contributed by atoms with Crippen molar-refractivity contribution in [1.82, 2.24) is 0 Å². The lowest BCUT2D eigenvalue weighted by Crippen LogP contribution is -2.31. The molecule has 0 radical (unpaired) electrons. The van der Waals surface area contributed by atoms with E-state index in [1.165, 1.54) is 11.0 Å². The van der Waals surface area contributed by atoms with Crippen LogP contribution in [-0.4, -0.2) is 24.1 Å². The lowest BCUT2D eigenvalue weighted by atomic mass is 10.1. The lowest BCUT2D eigenvalue weighted by Gasteiger charge is -2.18. The molecule has 0 aliphatic carbocycles. The van der Waals surface area contributed by atoms with E-state index in [-0.39, 0.29) is 5.56 Å². The first-order chi connectivity index (χ1) is 9.56. The summed E-state index contributed by atoms with van der Waals surface area (Å²) in [5.74, 6) is -0.997. The molecule has 0 atom stereocenters. The van der Waals surface area contributed by atoms with Gasteiger partial charge >= 0.3 is 0 Å². The Labute approximate surface area is 122 Å². The molecule has 0 spiro atoms. The number of hydrogen-bond acceptors (Lipinski definition) is 2. The summed E-state index contributed by atoms with van der Waals surface area (Å²) in [5, 5.41) is 0. The zero-order chi connectivity index (χ0) is 14.7. The maximum atomic E-state index is 13.3. The standard InChI is InChI=1S/C15H17ClFNO2/c1-10-8-11(17)9-12-13(10)18(15(20)14(12)19)7-5-3-2-4-6-16/h8-9H,2-7H2,1H3. The minimum atomic E-state index is -0.608. The van der Waals surface area contributed by atoms with Crippen LogP contribution >= 0.6 is 11.6 Å². The van der Waals surface area contributed by atoms with Gasteiger partial charge in [0.05, 0.1) is 11.3 Å². The fraction of sp³-hybridized carbons (Fsp3) is 0.467. The molecule has 5 heteroatoms. The molecule has 0 saturated heterocycles. The van der Waals surface area contributed by atoms with Crippen LogP contribution in [0.4, 0.5) is 10.1 Å². The largest absolute Gasteiger partial charge is 0.304 e. The number of alkyl halides is 1. The van der Waals surface area contributed by atoms with E-state index >= 15 is 0 Å². The first-order valence-electron chi connectivity index (χ1n) is 6.78. The molecule has 0 unspecified atom stereocenters. The van der Waals surface area contributed by atoms with Gasteiger partial charge in [-0.15, -0.1) is 11.6 Å². The molecule has 3 nitrogen and oxygen atoms in total. The van der Waals surface area contributed by atoms with Crippen LogP contribution < -0.4 is 4.90 Å². The Hall–Kier alpha value is -1.42. The summed E-state index contributed by atoms with van der Waals surface area (Å²) in [4.78, 5) is 25.3. The Bertz CT molecular complexity index is 545. The fourth-order valence-electron chi connectivity index (χ4n) is 2.54. The number of ketones is 1. The number of anilines is 1. The summed E-state index contributed by atoms with van der Waals surface area (Å²) >= 11 is 5.61. The second-order valence-corrected chi connectivity index (χ2v) is 5.39. The second kappa shape index (κ2) is 6.35. The molecule has 1 aromatic rings. The van der Waals surface area contributed by atoms with E-state index in [2.05, 4.69) is 0 Å². The summed E-state index contributed by atoms with van der Waals surface area (Å²) in [6, 6.07) is 2.50. The number of benzene rings is 1.